The second kappa shape index (κ2) is 7.20. The van der Waals surface area contributed by atoms with Crippen LogP contribution in [0.25, 0.3) is 10.8 Å². The van der Waals surface area contributed by atoms with Gasteiger partial charge in [-0.2, -0.15) is 0 Å². The minimum atomic E-state index is -0.713. The quantitative estimate of drug-likeness (QED) is 0.602. The summed E-state index contributed by atoms with van der Waals surface area (Å²) < 4.78 is 0. The molecule has 0 saturated heterocycles. The molecule has 0 spiro atoms. The number of carbonyl (C=O) groups excluding carboxylic acids is 1. The number of aliphatic hydroxyl groups is 1. The van der Waals surface area contributed by atoms with Crippen LogP contribution in [0.5, 0.6) is 0 Å². The van der Waals surface area contributed by atoms with Crippen LogP contribution in [0.3, 0.4) is 0 Å². The van der Waals surface area contributed by atoms with Gasteiger partial charge in [0.2, 0.25) is 0 Å². The highest BCUT2D eigenvalue weighted by Crippen LogP contribution is 2.30. The number of aliphatic hydroxyl groups excluding tert-OH is 1. The zero-order valence-electron chi connectivity index (χ0n) is 12.0. The van der Waals surface area contributed by atoms with Crippen LogP contribution in [0.4, 0.5) is 0 Å². The van der Waals surface area contributed by atoms with Gasteiger partial charge in [0.1, 0.15) is 6.29 Å². The zero-order valence-corrected chi connectivity index (χ0v) is 12.0. The number of unbranched alkanes of at least 4 members (excludes halogenated alkanes) is 2. The molecule has 0 aromatic heterocycles. The summed E-state index contributed by atoms with van der Waals surface area (Å²) in [4.78, 5) is 11.3. The maximum atomic E-state index is 11.3. The lowest BCUT2D eigenvalue weighted by Crippen LogP contribution is -2.14. The first-order valence-electron chi connectivity index (χ1n) is 7.39. The molecule has 0 amide bonds. The number of benzene rings is 2. The SMILES string of the molecule is CCCCCC(C=O)C(O)c1cccc2ccccc12. The molecule has 2 rings (SSSR count). The Morgan fingerprint density at radius 2 is 1.85 bits per heavy atom. The van der Waals surface area contributed by atoms with Crippen molar-refractivity contribution in [2.24, 2.45) is 5.92 Å². The second-order valence-corrected chi connectivity index (χ2v) is 5.31. The first-order valence-corrected chi connectivity index (χ1v) is 7.39. The monoisotopic (exact) mass is 270 g/mol. The molecule has 2 heteroatoms. The van der Waals surface area contributed by atoms with Crippen LogP contribution in [0, 0.1) is 5.92 Å². The van der Waals surface area contributed by atoms with Crippen molar-refractivity contribution < 1.29 is 9.90 Å². The summed E-state index contributed by atoms with van der Waals surface area (Å²) in [5.41, 5.74) is 0.858. The van der Waals surface area contributed by atoms with Gasteiger partial charge in [0, 0.05) is 5.92 Å². The van der Waals surface area contributed by atoms with Gasteiger partial charge < -0.3 is 9.90 Å². The molecule has 2 unspecified atom stereocenters. The van der Waals surface area contributed by atoms with Crippen LogP contribution in [0.1, 0.15) is 44.3 Å². The number of hydrogen-bond donors (Lipinski definition) is 1. The van der Waals surface area contributed by atoms with Crippen molar-refractivity contribution in [2.45, 2.75) is 38.7 Å². The topological polar surface area (TPSA) is 37.3 Å². The van der Waals surface area contributed by atoms with Crippen LogP contribution in [-0.2, 0) is 4.79 Å². The van der Waals surface area contributed by atoms with E-state index >= 15 is 0 Å². The van der Waals surface area contributed by atoms with Crippen LogP contribution in [-0.4, -0.2) is 11.4 Å². The molecule has 0 saturated carbocycles. The molecule has 2 nitrogen and oxygen atoms in total. The minimum Gasteiger partial charge on any atom is -0.388 e. The largest absolute Gasteiger partial charge is 0.388 e. The predicted molar refractivity (Wildman–Crippen MR) is 82.6 cm³/mol. The van der Waals surface area contributed by atoms with Crippen LogP contribution in [0.15, 0.2) is 42.5 Å². The van der Waals surface area contributed by atoms with Gasteiger partial charge >= 0.3 is 0 Å². The first kappa shape index (κ1) is 14.7. The zero-order chi connectivity index (χ0) is 14.4. The van der Waals surface area contributed by atoms with Gasteiger partial charge in [-0.25, -0.2) is 0 Å². The molecule has 2 aromatic carbocycles. The predicted octanol–water partition coefficient (Wildman–Crippen LogP) is 4.27. The Morgan fingerprint density at radius 3 is 2.60 bits per heavy atom. The Balaban J connectivity index is 2.25. The highest BCUT2D eigenvalue weighted by atomic mass is 16.3. The van der Waals surface area contributed by atoms with Gasteiger partial charge in [0.25, 0.3) is 0 Å². The van der Waals surface area contributed by atoms with E-state index in [9.17, 15) is 9.90 Å². The molecule has 0 fully saturated rings. The number of carbonyl (C=O) groups is 1. The van der Waals surface area contributed by atoms with Gasteiger partial charge in [0.05, 0.1) is 6.10 Å². The standard InChI is InChI=1S/C18H22O2/c1-2-3-4-9-15(13-19)18(20)17-12-7-10-14-8-5-6-11-16(14)17/h5-8,10-13,15,18,20H,2-4,9H2,1H3. The van der Waals surface area contributed by atoms with Crippen molar-refractivity contribution >= 4 is 17.1 Å². The summed E-state index contributed by atoms with van der Waals surface area (Å²) in [6, 6.07) is 13.9. The molecule has 106 valence electrons. The molecule has 0 radical (unpaired) electrons. The van der Waals surface area contributed by atoms with E-state index in [-0.39, 0.29) is 5.92 Å². The Labute approximate surface area is 120 Å². The van der Waals surface area contributed by atoms with E-state index in [0.29, 0.717) is 0 Å². The van der Waals surface area contributed by atoms with Gasteiger partial charge in [-0.1, -0.05) is 68.7 Å². The summed E-state index contributed by atoms with van der Waals surface area (Å²) in [5.74, 6) is -0.313. The second-order valence-electron chi connectivity index (χ2n) is 5.31. The fourth-order valence-corrected chi connectivity index (χ4v) is 2.67. The normalized spacial score (nSPS) is 14.1. The summed E-state index contributed by atoms with van der Waals surface area (Å²) >= 11 is 0. The third-order valence-electron chi connectivity index (χ3n) is 3.86. The molecular formula is C18H22O2. The number of rotatable bonds is 7. The molecular weight excluding hydrogens is 248 g/mol. The van der Waals surface area contributed by atoms with E-state index in [1.807, 2.05) is 42.5 Å². The van der Waals surface area contributed by atoms with Crippen LogP contribution < -0.4 is 0 Å². The van der Waals surface area contributed by atoms with Gasteiger partial charge in [-0.15, -0.1) is 0 Å². The Kier molecular flexibility index (Phi) is 5.31. The van der Waals surface area contributed by atoms with Crippen molar-refractivity contribution in [1.29, 1.82) is 0 Å². The molecule has 0 bridgehead atoms. The Hall–Kier alpha value is -1.67. The summed E-state index contributed by atoms with van der Waals surface area (Å²) in [5, 5.41) is 12.7. The van der Waals surface area contributed by atoms with Crippen molar-refractivity contribution in [1.82, 2.24) is 0 Å². The lowest BCUT2D eigenvalue weighted by molar-refractivity contribution is -0.114. The lowest BCUT2D eigenvalue weighted by Gasteiger charge is -2.19. The van der Waals surface area contributed by atoms with E-state index in [0.717, 1.165) is 48.3 Å². The lowest BCUT2D eigenvalue weighted by atomic mass is 9.89. The number of hydrogen-bond acceptors (Lipinski definition) is 2. The van der Waals surface area contributed by atoms with E-state index in [4.69, 9.17) is 0 Å². The van der Waals surface area contributed by atoms with Gasteiger partial charge in [-0.3, -0.25) is 0 Å². The summed E-state index contributed by atoms with van der Waals surface area (Å²) in [6.07, 6.45) is 4.16. The van der Waals surface area contributed by atoms with Gasteiger partial charge in [0.15, 0.2) is 0 Å². The molecule has 0 aliphatic rings. The maximum Gasteiger partial charge on any atom is 0.126 e. The molecule has 0 aliphatic carbocycles. The maximum absolute atomic E-state index is 11.3. The van der Waals surface area contributed by atoms with Crippen molar-refractivity contribution in [3.05, 3.63) is 48.0 Å². The molecule has 2 aromatic rings. The Morgan fingerprint density at radius 1 is 1.10 bits per heavy atom. The molecule has 2 atom stereocenters. The average molecular weight is 270 g/mol. The summed E-state index contributed by atoms with van der Waals surface area (Å²) in [7, 11) is 0. The highest BCUT2D eigenvalue weighted by molar-refractivity contribution is 5.86. The smallest absolute Gasteiger partial charge is 0.126 e. The molecule has 0 heterocycles. The third-order valence-corrected chi connectivity index (χ3v) is 3.86. The molecule has 0 aliphatic heterocycles. The molecule has 20 heavy (non-hydrogen) atoms. The third kappa shape index (κ3) is 3.26. The summed E-state index contributed by atoms with van der Waals surface area (Å²) in [6.45, 7) is 2.14. The van der Waals surface area contributed by atoms with Gasteiger partial charge in [-0.05, 0) is 22.8 Å². The molecule has 1 N–H and O–H groups in total. The number of fused-ring (bicyclic) bond motifs is 1. The average Bonchev–Trinajstić information content (AvgIpc) is 2.50. The fourth-order valence-electron chi connectivity index (χ4n) is 2.67. The van der Waals surface area contributed by atoms with E-state index in [2.05, 4.69) is 6.92 Å². The van der Waals surface area contributed by atoms with E-state index in [1.165, 1.54) is 0 Å². The van der Waals surface area contributed by atoms with Crippen molar-refractivity contribution in [2.75, 3.05) is 0 Å². The van der Waals surface area contributed by atoms with E-state index in [1.54, 1.807) is 0 Å². The minimum absolute atomic E-state index is 0.313. The van der Waals surface area contributed by atoms with Crippen LogP contribution in [0.2, 0.25) is 0 Å². The highest BCUT2D eigenvalue weighted by Gasteiger charge is 2.21. The van der Waals surface area contributed by atoms with Crippen molar-refractivity contribution in [3.8, 4) is 0 Å². The number of aldehydes is 1. The fraction of sp³-hybridized carbons (Fsp3) is 0.389. The first-order chi connectivity index (χ1) is 9.77. The Bertz CT molecular complexity index is 557. The van der Waals surface area contributed by atoms with Crippen molar-refractivity contribution in [3.63, 3.8) is 0 Å². The van der Waals surface area contributed by atoms with E-state index < -0.39 is 6.10 Å². The van der Waals surface area contributed by atoms with Crippen LogP contribution >= 0.6 is 0 Å².